The van der Waals surface area contributed by atoms with E-state index in [1.54, 1.807) is 18.2 Å². The van der Waals surface area contributed by atoms with Crippen LogP contribution in [-0.2, 0) is 4.79 Å². The van der Waals surface area contributed by atoms with Crippen molar-refractivity contribution in [1.82, 2.24) is 5.32 Å². The normalized spacial score (nSPS) is 31.3. The minimum atomic E-state index is -0.562. The number of amides is 2. The van der Waals surface area contributed by atoms with Gasteiger partial charge in [-0.15, -0.1) is 0 Å². The van der Waals surface area contributed by atoms with Crippen LogP contribution in [0.5, 0.6) is 11.5 Å². The Balaban J connectivity index is 1.45. The molecule has 28 heavy (non-hydrogen) atoms. The number of primary amides is 1. The summed E-state index contributed by atoms with van der Waals surface area (Å²) in [5, 5.41) is 3.26. The third-order valence-electron chi connectivity index (χ3n) is 7.15. The summed E-state index contributed by atoms with van der Waals surface area (Å²) in [6.45, 7) is 1.94. The molecule has 4 bridgehead atoms. The number of rotatable bonds is 7. The molecule has 0 heterocycles. The van der Waals surface area contributed by atoms with Crippen LogP contribution in [0.4, 0.5) is 0 Å². The maximum absolute atomic E-state index is 12.9. The first-order valence-corrected chi connectivity index (χ1v) is 10.3. The van der Waals surface area contributed by atoms with Crippen LogP contribution < -0.4 is 20.5 Å². The van der Waals surface area contributed by atoms with E-state index < -0.39 is 5.91 Å². The van der Waals surface area contributed by atoms with Crippen LogP contribution in [0.3, 0.4) is 0 Å². The molecule has 6 nitrogen and oxygen atoms in total. The number of hydrogen-bond acceptors (Lipinski definition) is 4. The van der Waals surface area contributed by atoms with Gasteiger partial charge in [0.2, 0.25) is 0 Å². The quantitative estimate of drug-likeness (QED) is 0.754. The van der Waals surface area contributed by atoms with Gasteiger partial charge in [-0.3, -0.25) is 9.59 Å². The fraction of sp³-hybridized carbons (Fsp3) is 0.636. The van der Waals surface area contributed by atoms with E-state index in [0.717, 1.165) is 17.8 Å². The van der Waals surface area contributed by atoms with E-state index in [1.165, 1.54) is 45.6 Å². The van der Waals surface area contributed by atoms with E-state index >= 15 is 0 Å². The zero-order chi connectivity index (χ0) is 19.9. The highest BCUT2D eigenvalue weighted by atomic mass is 16.5. The van der Waals surface area contributed by atoms with Gasteiger partial charge in [0, 0.05) is 11.6 Å². The number of methoxy groups -OCH3 is 1. The molecule has 1 unspecified atom stereocenters. The molecule has 0 saturated heterocycles. The average Bonchev–Trinajstić information content (AvgIpc) is 2.65. The Labute approximate surface area is 166 Å². The van der Waals surface area contributed by atoms with Gasteiger partial charge in [-0.1, -0.05) is 0 Å². The van der Waals surface area contributed by atoms with Crippen molar-refractivity contribution in [1.29, 1.82) is 0 Å². The number of hydrogen-bond donors (Lipinski definition) is 2. The molecule has 4 fully saturated rings. The molecule has 0 aliphatic heterocycles. The maximum atomic E-state index is 12.9. The molecule has 0 radical (unpaired) electrons. The number of carbonyl (C=O) groups is 2. The fourth-order valence-corrected chi connectivity index (χ4v) is 6.22. The standard InChI is InChI=1S/C22H30N2O4/c1-13(22-9-14-5-15(10-22)7-16(6-14)11-22)24-21(26)17-3-4-18(19(8-17)27-2)28-12-20(23)25/h3-4,8,13-16H,5-7,9-12H2,1-2H3,(H2,23,25)(H,24,26). The Hall–Kier alpha value is -2.24. The third-order valence-corrected chi connectivity index (χ3v) is 7.15. The molecule has 6 heteroatoms. The lowest BCUT2D eigenvalue weighted by atomic mass is 9.48. The van der Waals surface area contributed by atoms with Gasteiger partial charge < -0.3 is 20.5 Å². The van der Waals surface area contributed by atoms with E-state index in [-0.39, 0.29) is 24.0 Å². The average molecular weight is 386 g/mol. The highest BCUT2D eigenvalue weighted by Gasteiger charge is 2.53. The topological polar surface area (TPSA) is 90.7 Å². The van der Waals surface area contributed by atoms with E-state index in [0.29, 0.717) is 17.1 Å². The number of nitrogens with two attached hydrogens (primary N) is 1. The van der Waals surface area contributed by atoms with Gasteiger partial charge >= 0.3 is 0 Å². The van der Waals surface area contributed by atoms with Crippen LogP contribution in [0.1, 0.15) is 55.8 Å². The number of nitrogens with one attached hydrogen (secondary N) is 1. The van der Waals surface area contributed by atoms with Gasteiger partial charge in [-0.2, -0.15) is 0 Å². The fourth-order valence-electron chi connectivity index (χ4n) is 6.22. The summed E-state index contributed by atoms with van der Waals surface area (Å²) < 4.78 is 10.7. The highest BCUT2D eigenvalue weighted by Crippen LogP contribution is 2.61. The molecule has 0 spiro atoms. The lowest BCUT2D eigenvalue weighted by Crippen LogP contribution is -2.55. The second-order valence-electron chi connectivity index (χ2n) is 9.10. The van der Waals surface area contributed by atoms with Gasteiger partial charge in [0.15, 0.2) is 18.1 Å². The monoisotopic (exact) mass is 386 g/mol. The third kappa shape index (κ3) is 3.56. The van der Waals surface area contributed by atoms with E-state index in [4.69, 9.17) is 15.2 Å². The Morgan fingerprint density at radius 1 is 1.14 bits per heavy atom. The smallest absolute Gasteiger partial charge is 0.255 e. The predicted octanol–water partition coefficient (Wildman–Crippen LogP) is 2.89. The first-order chi connectivity index (χ1) is 13.4. The zero-order valence-corrected chi connectivity index (χ0v) is 16.7. The molecule has 5 rings (SSSR count). The van der Waals surface area contributed by atoms with Gasteiger partial charge in [0.25, 0.3) is 11.8 Å². The van der Waals surface area contributed by atoms with Crippen LogP contribution in [-0.4, -0.2) is 31.6 Å². The number of benzene rings is 1. The molecule has 1 aromatic carbocycles. The number of ether oxygens (including phenoxy) is 2. The summed E-state index contributed by atoms with van der Waals surface area (Å²) in [7, 11) is 1.51. The van der Waals surface area contributed by atoms with Gasteiger partial charge in [-0.05, 0) is 86.8 Å². The summed E-state index contributed by atoms with van der Waals surface area (Å²) in [6, 6.07) is 5.15. The van der Waals surface area contributed by atoms with Crippen LogP contribution in [0.2, 0.25) is 0 Å². The van der Waals surface area contributed by atoms with Gasteiger partial charge in [-0.25, -0.2) is 0 Å². The van der Waals surface area contributed by atoms with Crippen molar-refractivity contribution < 1.29 is 19.1 Å². The van der Waals surface area contributed by atoms with Crippen molar-refractivity contribution in [3.8, 4) is 11.5 Å². The maximum Gasteiger partial charge on any atom is 0.255 e. The minimum Gasteiger partial charge on any atom is -0.493 e. The molecule has 4 aliphatic rings. The Morgan fingerprint density at radius 2 is 1.75 bits per heavy atom. The Kier molecular flexibility index (Phi) is 4.98. The Morgan fingerprint density at radius 3 is 2.29 bits per heavy atom. The van der Waals surface area contributed by atoms with Gasteiger partial charge in [0.1, 0.15) is 0 Å². The number of carbonyl (C=O) groups excluding carboxylic acids is 2. The first kappa shape index (κ1) is 19.1. The molecule has 152 valence electrons. The molecule has 1 aromatic rings. The van der Waals surface area contributed by atoms with Crippen molar-refractivity contribution in [3.63, 3.8) is 0 Å². The molecular weight excluding hydrogens is 356 g/mol. The lowest BCUT2D eigenvalue weighted by molar-refractivity contribution is -0.119. The molecular formula is C22H30N2O4. The highest BCUT2D eigenvalue weighted by molar-refractivity contribution is 5.95. The first-order valence-electron chi connectivity index (χ1n) is 10.3. The molecule has 0 aromatic heterocycles. The van der Waals surface area contributed by atoms with E-state index in [2.05, 4.69) is 12.2 Å². The zero-order valence-electron chi connectivity index (χ0n) is 16.7. The van der Waals surface area contributed by atoms with Crippen molar-refractivity contribution in [2.75, 3.05) is 13.7 Å². The summed E-state index contributed by atoms with van der Waals surface area (Å²) >= 11 is 0. The molecule has 4 saturated carbocycles. The van der Waals surface area contributed by atoms with Crippen LogP contribution in [0, 0.1) is 23.2 Å². The summed E-state index contributed by atoms with van der Waals surface area (Å²) in [6.07, 6.45) is 7.94. The van der Waals surface area contributed by atoms with Crippen LogP contribution >= 0.6 is 0 Å². The van der Waals surface area contributed by atoms with Gasteiger partial charge in [0.05, 0.1) is 7.11 Å². The second-order valence-corrected chi connectivity index (χ2v) is 9.10. The van der Waals surface area contributed by atoms with E-state index in [1.807, 2.05) is 0 Å². The van der Waals surface area contributed by atoms with Crippen molar-refractivity contribution in [3.05, 3.63) is 23.8 Å². The van der Waals surface area contributed by atoms with Crippen molar-refractivity contribution in [2.45, 2.75) is 51.5 Å². The predicted molar refractivity (Wildman–Crippen MR) is 105 cm³/mol. The molecule has 3 N–H and O–H groups in total. The molecule has 1 atom stereocenters. The Bertz CT molecular complexity index is 741. The van der Waals surface area contributed by atoms with Crippen LogP contribution in [0.25, 0.3) is 0 Å². The van der Waals surface area contributed by atoms with Crippen LogP contribution in [0.15, 0.2) is 18.2 Å². The molecule has 2 amide bonds. The summed E-state index contributed by atoms with van der Waals surface area (Å²) in [5.74, 6) is 2.71. The van der Waals surface area contributed by atoms with Crippen molar-refractivity contribution in [2.24, 2.45) is 28.9 Å². The summed E-state index contributed by atoms with van der Waals surface area (Å²) in [5.41, 5.74) is 5.91. The lowest BCUT2D eigenvalue weighted by Gasteiger charge is -2.59. The largest absolute Gasteiger partial charge is 0.493 e. The van der Waals surface area contributed by atoms with E-state index in [9.17, 15) is 9.59 Å². The van der Waals surface area contributed by atoms with Crippen molar-refractivity contribution >= 4 is 11.8 Å². The SMILES string of the molecule is COc1cc(C(=O)NC(C)C23CC4CC(CC(C4)C2)C3)ccc1OCC(N)=O. The second kappa shape index (κ2) is 7.30. The molecule has 4 aliphatic carbocycles. The summed E-state index contributed by atoms with van der Waals surface area (Å²) in [4.78, 5) is 23.8. The minimum absolute atomic E-state index is 0.0944.